The van der Waals surface area contributed by atoms with Crippen LogP contribution < -0.4 is 10.6 Å². The van der Waals surface area contributed by atoms with Gasteiger partial charge in [0, 0.05) is 23.1 Å². The fraction of sp³-hybridized carbons (Fsp3) is 0.778. The van der Waals surface area contributed by atoms with Gasteiger partial charge in [0.15, 0.2) is 0 Å². The highest BCUT2D eigenvalue weighted by atomic mass is 32.1. The standard InChI is InChI=1S/C9H16N4S/c1-6-11-8(14-13-6)12-7-4-5-10-9(7,2)3/h7,10H,4-5H2,1-3H3,(H,11,12,13). The minimum atomic E-state index is 0.152. The molecule has 4 nitrogen and oxygen atoms in total. The SMILES string of the molecule is Cc1nsc(NC2CCNC2(C)C)n1. The molecule has 78 valence electrons. The van der Waals surface area contributed by atoms with Gasteiger partial charge in [0.1, 0.15) is 5.82 Å². The lowest BCUT2D eigenvalue weighted by Crippen LogP contribution is -2.45. The first-order valence-electron chi connectivity index (χ1n) is 4.90. The van der Waals surface area contributed by atoms with E-state index in [0.29, 0.717) is 6.04 Å². The Labute approximate surface area is 88.3 Å². The molecule has 2 heterocycles. The quantitative estimate of drug-likeness (QED) is 0.778. The molecule has 1 saturated heterocycles. The van der Waals surface area contributed by atoms with Gasteiger partial charge < -0.3 is 10.6 Å². The number of hydrogen-bond acceptors (Lipinski definition) is 5. The minimum Gasteiger partial charge on any atom is -0.356 e. The van der Waals surface area contributed by atoms with Crippen molar-refractivity contribution in [1.82, 2.24) is 14.7 Å². The molecule has 1 aliphatic heterocycles. The summed E-state index contributed by atoms with van der Waals surface area (Å²) in [6.07, 6.45) is 1.14. The average molecular weight is 212 g/mol. The minimum absolute atomic E-state index is 0.152. The monoisotopic (exact) mass is 212 g/mol. The Morgan fingerprint density at radius 2 is 2.36 bits per heavy atom. The van der Waals surface area contributed by atoms with E-state index >= 15 is 0 Å². The first-order chi connectivity index (χ1) is 6.58. The second-order valence-electron chi connectivity index (χ2n) is 4.28. The zero-order chi connectivity index (χ0) is 10.2. The second-order valence-corrected chi connectivity index (χ2v) is 5.03. The largest absolute Gasteiger partial charge is 0.356 e. The second kappa shape index (κ2) is 3.47. The van der Waals surface area contributed by atoms with Crippen LogP contribution in [-0.2, 0) is 0 Å². The number of aryl methyl sites for hydroxylation is 1. The number of anilines is 1. The van der Waals surface area contributed by atoms with Gasteiger partial charge in [0.2, 0.25) is 5.13 Å². The van der Waals surface area contributed by atoms with Crippen LogP contribution in [0.2, 0.25) is 0 Å². The summed E-state index contributed by atoms with van der Waals surface area (Å²) in [5.41, 5.74) is 0.152. The maximum Gasteiger partial charge on any atom is 0.202 e. The summed E-state index contributed by atoms with van der Waals surface area (Å²) >= 11 is 1.44. The van der Waals surface area contributed by atoms with Gasteiger partial charge in [-0.05, 0) is 33.7 Å². The van der Waals surface area contributed by atoms with Crippen molar-refractivity contribution in [3.8, 4) is 0 Å². The van der Waals surface area contributed by atoms with Crippen molar-refractivity contribution in [2.45, 2.75) is 38.8 Å². The molecule has 1 fully saturated rings. The smallest absolute Gasteiger partial charge is 0.202 e. The predicted octanol–water partition coefficient (Wildman–Crippen LogP) is 1.40. The van der Waals surface area contributed by atoms with E-state index in [1.165, 1.54) is 11.5 Å². The normalized spacial score (nSPS) is 25.2. The molecule has 5 heteroatoms. The van der Waals surface area contributed by atoms with Crippen LogP contribution >= 0.6 is 11.5 Å². The zero-order valence-electron chi connectivity index (χ0n) is 8.79. The molecule has 2 rings (SSSR count). The van der Waals surface area contributed by atoms with Crippen molar-refractivity contribution < 1.29 is 0 Å². The van der Waals surface area contributed by atoms with Crippen LogP contribution in [0.4, 0.5) is 5.13 Å². The molecular weight excluding hydrogens is 196 g/mol. The van der Waals surface area contributed by atoms with Crippen molar-refractivity contribution in [3.05, 3.63) is 5.82 Å². The van der Waals surface area contributed by atoms with Crippen LogP contribution in [-0.4, -0.2) is 27.5 Å². The van der Waals surface area contributed by atoms with Gasteiger partial charge in [-0.2, -0.15) is 4.37 Å². The van der Waals surface area contributed by atoms with Gasteiger partial charge in [-0.25, -0.2) is 4.98 Å². The third-order valence-corrected chi connectivity index (χ3v) is 3.45. The topological polar surface area (TPSA) is 49.8 Å². The Morgan fingerprint density at radius 1 is 1.57 bits per heavy atom. The lowest BCUT2D eigenvalue weighted by molar-refractivity contribution is 0.427. The van der Waals surface area contributed by atoms with Crippen molar-refractivity contribution in [1.29, 1.82) is 0 Å². The van der Waals surface area contributed by atoms with Gasteiger partial charge in [-0.3, -0.25) is 0 Å². The third kappa shape index (κ3) is 1.88. The Morgan fingerprint density at radius 3 is 2.86 bits per heavy atom. The molecule has 0 radical (unpaired) electrons. The molecule has 0 aromatic carbocycles. The highest BCUT2D eigenvalue weighted by molar-refractivity contribution is 7.09. The van der Waals surface area contributed by atoms with Crippen LogP contribution in [0.1, 0.15) is 26.1 Å². The van der Waals surface area contributed by atoms with Crippen molar-refractivity contribution in [2.24, 2.45) is 0 Å². The molecule has 0 spiro atoms. The molecule has 14 heavy (non-hydrogen) atoms. The Kier molecular flexibility index (Phi) is 2.45. The molecule has 0 bridgehead atoms. The molecule has 0 amide bonds. The highest BCUT2D eigenvalue weighted by Crippen LogP contribution is 2.23. The average Bonchev–Trinajstić information content (AvgIpc) is 2.61. The Bertz CT molecular complexity index is 320. The van der Waals surface area contributed by atoms with E-state index in [2.05, 4.69) is 33.8 Å². The van der Waals surface area contributed by atoms with Crippen LogP contribution in [0.3, 0.4) is 0 Å². The van der Waals surface area contributed by atoms with Crippen molar-refractivity contribution >= 4 is 16.7 Å². The summed E-state index contributed by atoms with van der Waals surface area (Å²) in [5, 5.41) is 7.84. The first-order valence-corrected chi connectivity index (χ1v) is 5.67. The summed E-state index contributed by atoms with van der Waals surface area (Å²) in [6, 6.07) is 0.454. The van der Waals surface area contributed by atoms with Gasteiger partial charge >= 0.3 is 0 Å². The lowest BCUT2D eigenvalue weighted by atomic mass is 9.97. The molecule has 1 aromatic rings. The molecule has 0 saturated carbocycles. The van der Waals surface area contributed by atoms with Gasteiger partial charge in [-0.15, -0.1) is 0 Å². The van der Waals surface area contributed by atoms with Crippen molar-refractivity contribution in [2.75, 3.05) is 11.9 Å². The molecular formula is C9H16N4S. The summed E-state index contributed by atoms with van der Waals surface area (Å²) in [5.74, 6) is 0.848. The maximum absolute atomic E-state index is 4.31. The Hall–Kier alpha value is -0.680. The van der Waals surface area contributed by atoms with E-state index in [-0.39, 0.29) is 5.54 Å². The van der Waals surface area contributed by atoms with Crippen LogP contribution in [0.5, 0.6) is 0 Å². The zero-order valence-corrected chi connectivity index (χ0v) is 9.61. The van der Waals surface area contributed by atoms with Crippen LogP contribution in [0, 0.1) is 6.92 Å². The van der Waals surface area contributed by atoms with Gasteiger partial charge in [0.25, 0.3) is 0 Å². The van der Waals surface area contributed by atoms with E-state index in [1.807, 2.05) is 6.92 Å². The summed E-state index contributed by atoms with van der Waals surface area (Å²) in [6.45, 7) is 7.42. The third-order valence-electron chi connectivity index (χ3n) is 2.71. The predicted molar refractivity (Wildman–Crippen MR) is 58.8 cm³/mol. The van der Waals surface area contributed by atoms with E-state index in [0.717, 1.165) is 23.9 Å². The van der Waals surface area contributed by atoms with Crippen LogP contribution in [0.25, 0.3) is 0 Å². The molecule has 1 aromatic heterocycles. The maximum atomic E-state index is 4.31. The highest BCUT2D eigenvalue weighted by Gasteiger charge is 2.34. The molecule has 0 aliphatic carbocycles. The van der Waals surface area contributed by atoms with Crippen LogP contribution in [0.15, 0.2) is 0 Å². The summed E-state index contributed by atoms with van der Waals surface area (Å²) in [7, 11) is 0. The van der Waals surface area contributed by atoms with E-state index < -0.39 is 0 Å². The summed E-state index contributed by atoms with van der Waals surface area (Å²) < 4.78 is 4.15. The fourth-order valence-electron chi connectivity index (χ4n) is 1.78. The Balaban J connectivity index is 2.04. The number of hydrogen-bond donors (Lipinski definition) is 2. The molecule has 1 atom stereocenters. The number of aromatic nitrogens is 2. The molecule has 1 unspecified atom stereocenters. The fourth-order valence-corrected chi connectivity index (χ4v) is 2.41. The van der Waals surface area contributed by atoms with E-state index in [9.17, 15) is 0 Å². The molecule has 2 N–H and O–H groups in total. The van der Waals surface area contributed by atoms with Crippen molar-refractivity contribution in [3.63, 3.8) is 0 Å². The van der Waals surface area contributed by atoms with Gasteiger partial charge in [0.05, 0.1) is 0 Å². The van der Waals surface area contributed by atoms with E-state index in [1.54, 1.807) is 0 Å². The lowest BCUT2D eigenvalue weighted by Gasteiger charge is -2.27. The summed E-state index contributed by atoms with van der Waals surface area (Å²) in [4.78, 5) is 4.31. The first kappa shape index (κ1) is 9.86. The van der Waals surface area contributed by atoms with Gasteiger partial charge in [-0.1, -0.05) is 0 Å². The molecule has 1 aliphatic rings. The number of rotatable bonds is 2. The number of nitrogens with one attached hydrogen (secondary N) is 2. The number of nitrogens with zero attached hydrogens (tertiary/aromatic N) is 2. The van der Waals surface area contributed by atoms with E-state index in [4.69, 9.17) is 0 Å².